The Labute approximate surface area is 189 Å². The molecule has 2 aromatic heterocycles. The van der Waals surface area contributed by atoms with Crippen LogP contribution in [0.2, 0.25) is 5.02 Å². The van der Waals surface area contributed by atoms with Crippen LogP contribution in [-0.4, -0.2) is 29.7 Å². The average molecular weight is 461 g/mol. The van der Waals surface area contributed by atoms with Crippen LogP contribution in [0.25, 0.3) is 10.2 Å². The minimum Gasteiger partial charge on any atom is -0.548 e. The van der Waals surface area contributed by atoms with Gasteiger partial charge < -0.3 is 24.7 Å². The summed E-state index contributed by atoms with van der Waals surface area (Å²) in [5.74, 6) is 0.537. The van der Waals surface area contributed by atoms with Gasteiger partial charge in [-0.3, -0.25) is 0 Å². The Kier molecular flexibility index (Phi) is 6.60. The molecule has 9 heteroatoms. The number of anilines is 1. The molecule has 2 heterocycles. The standard InChI is InChI=1S/C22H24ClN3O4S/c1-12(30-11-18(27)28)20-25-21(24-10-13-7-8-16(29-2)15(23)9-13)19-14-5-3-4-6-17(14)31-22(19)26-20/h7-9,12H,3-6,10-11H2,1-2H3,(H,27,28)(H,24,25,26)/p-1. The zero-order valence-corrected chi connectivity index (χ0v) is 18.9. The van der Waals surface area contributed by atoms with E-state index in [0.717, 1.165) is 40.9 Å². The highest BCUT2D eigenvalue weighted by Gasteiger charge is 2.23. The van der Waals surface area contributed by atoms with Gasteiger partial charge in [0, 0.05) is 11.4 Å². The number of aryl methyl sites for hydroxylation is 2. The molecule has 4 rings (SSSR count). The number of halogens is 1. The minimum absolute atomic E-state index is 0.447. The van der Waals surface area contributed by atoms with Crippen molar-refractivity contribution in [3.8, 4) is 5.75 Å². The van der Waals surface area contributed by atoms with Crippen LogP contribution in [0.5, 0.6) is 5.75 Å². The first-order chi connectivity index (χ1) is 15.0. The fourth-order valence-electron chi connectivity index (χ4n) is 3.76. The highest BCUT2D eigenvalue weighted by atomic mass is 35.5. The summed E-state index contributed by atoms with van der Waals surface area (Å²) in [6.45, 7) is 1.76. The second-order valence-electron chi connectivity index (χ2n) is 7.47. The van der Waals surface area contributed by atoms with Crippen LogP contribution in [0.15, 0.2) is 18.2 Å². The number of carbonyl (C=O) groups excluding carboxylic acids is 1. The smallest absolute Gasteiger partial charge is 0.160 e. The van der Waals surface area contributed by atoms with Gasteiger partial charge in [-0.15, -0.1) is 11.3 Å². The lowest BCUT2D eigenvalue weighted by atomic mass is 9.97. The number of hydrogen-bond acceptors (Lipinski definition) is 8. The van der Waals surface area contributed by atoms with Crippen molar-refractivity contribution < 1.29 is 19.4 Å². The molecule has 0 aliphatic heterocycles. The molecule has 164 valence electrons. The van der Waals surface area contributed by atoms with E-state index < -0.39 is 18.7 Å². The molecule has 1 aliphatic carbocycles. The molecule has 0 amide bonds. The lowest BCUT2D eigenvalue weighted by Gasteiger charge is -2.16. The summed E-state index contributed by atoms with van der Waals surface area (Å²) in [4.78, 5) is 22.4. The van der Waals surface area contributed by atoms with E-state index in [-0.39, 0.29) is 0 Å². The SMILES string of the molecule is COc1ccc(CNc2nc(C(C)OCC(=O)[O-])nc3sc4c(c23)CCCC4)cc1Cl. The number of aromatic nitrogens is 2. The second-order valence-corrected chi connectivity index (χ2v) is 8.96. The number of methoxy groups -OCH3 is 1. The zero-order valence-electron chi connectivity index (χ0n) is 17.4. The molecule has 1 aliphatic rings. The van der Waals surface area contributed by atoms with Crippen molar-refractivity contribution in [3.63, 3.8) is 0 Å². The molecule has 3 aromatic rings. The quantitative estimate of drug-likeness (QED) is 0.547. The Hall–Kier alpha value is -2.42. The number of thiophene rings is 1. The van der Waals surface area contributed by atoms with Gasteiger partial charge in [0.25, 0.3) is 0 Å². The summed E-state index contributed by atoms with van der Waals surface area (Å²) >= 11 is 7.95. The average Bonchev–Trinajstić information content (AvgIpc) is 3.14. The third kappa shape index (κ3) is 4.76. The van der Waals surface area contributed by atoms with Crippen molar-refractivity contribution in [2.45, 2.75) is 45.3 Å². The Morgan fingerprint density at radius 2 is 2.13 bits per heavy atom. The van der Waals surface area contributed by atoms with Crippen molar-refractivity contribution >= 4 is 44.9 Å². The maximum Gasteiger partial charge on any atom is 0.160 e. The van der Waals surface area contributed by atoms with Crippen LogP contribution >= 0.6 is 22.9 Å². The molecule has 0 spiro atoms. The number of rotatable bonds is 8. The van der Waals surface area contributed by atoms with Crippen LogP contribution in [0, 0.1) is 0 Å². The number of fused-ring (bicyclic) bond motifs is 3. The summed E-state index contributed by atoms with van der Waals surface area (Å²) in [5.41, 5.74) is 2.31. The predicted octanol–water partition coefficient (Wildman–Crippen LogP) is 3.67. The van der Waals surface area contributed by atoms with Crippen molar-refractivity contribution in [1.82, 2.24) is 9.97 Å². The Balaban J connectivity index is 1.68. The predicted molar refractivity (Wildman–Crippen MR) is 119 cm³/mol. The topological polar surface area (TPSA) is 96.4 Å². The highest BCUT2D eigenvalue weighted by Crippen LogP contribution is 2.39. The summed E-state index contributed by atoms with van der Waals surface area (Å²) in [7, 11) is 1.58. The van der Waals surface area contributed by atoms with Gasteiger partial charge in [0.15, 0.2) is 5.82 Å². The maximum absolute atomic E-state index is 10.8. The van der Waals surface area contributed by atoms with Crippen molar-refractivity contribution in [2.24, 2.45) is 0 Å². The fourth-order valence-corrected chi connectivity index (χ4v) is 5.31. The molecule has 0 fully saturated rings. The van der Waals surface area contributed by atoms with Gasteiger partial charge in [0.2, 0.25) is 0 Å². The molecule has 1 atom stereocenters. The Morgan fingerprint density at radius 3 is 2.87 bits per heavy atom. The molecule has 31 heavy (non-hydrogen) atoms. The van der Waals surface area contributed by atoms with E-state index in [1.54, 1.807) is 25.4 Å². The fraction of sp³-hybridized carbons (Fsp3) is 0.409. The summed E-state index contributed by atoms with van der Waals surface area (Å²) < 4.78 is 10.6. The number of aliphatic carboxylic acids is 1. The number of nitrogens with zero attached hydrogens (tertiary/aromatic N) is 2. The van der Waals surface area contributed by atoms with E-state index in [0.29, 0.717) is 23.1 Å². The number of hydrogen-bond donors (Lipinski definition) is 1. The normalized spacial score (nSPS) is 14.3. The van der Waals surface area contributed by atoms with Crippen molar-refractivity contribution in [2.75, 3.05) is 19.0 Å². The number of ether oxygens (including phenoxy) is 2. The largest absolute Gasteiger partial charge is 0.548 e. The van der Waals surface area contributed by atoms with E-state index in [4.69, 9.17) is 31.0 Å². The first kappa shape index (κ1) is 21.8. The molecule has 7 nitrogen and oxygen atoms in total. The van der Waals surface area contributed by atoms with Crippen LogP contribution in [0.1, 0.15) is 47.7 Å². The molecule has 0 saturated heterocycles. The van der Waals surface area contributed by atoms with E-state index >= 15 is 0 Å². The van der Waals surface area contributed by atoms with Gasteiger partial charge in [0.1, 0.15) is 22.5 Å². The Bertz CT molecular complexity index is 1120. The maximum atomic E-state index is 10.8. The van der Waals surface area contributed by atoms with Crippen LogP contribution in [0.4, 0.5) is 5.82 Å². The van der Waals surface area contributed by atoms with Crippen molar-refractivity contribution in [3.05, 3.63) is 45.1 Å². The second kappa shape index (κ2) is 9.38. The van der Waals surface area contributed by atoms with E-state index in [2.05, 4.69) is 5.32 Å². The molecule has 1 N–H and O–H groups in total. The molecule has 0 radical (unpaired) electrons. The number of carboxylic acid groups (broad SMARTS) is 1. The van der Waals surface area contributed by atoms with Gasteiger partial charge in [0.05, 0.1) is 30.1 Å². The summed E-state index contributed by atoms with van der Waals surface area (Å²) in [6, 6.07) is 5.65. The number of benzene rings is 1. The third-order valence-corrected chi connectivity index (χ3v) is 6.80. The van der Waals surface area contributed by atoms with Gasteiger partial charge in [-0.25, -0.2) is 9.97 Å². The lowest BCUT2D eigenvalue weighted by molar-refractivity contribution is -0.310. The lowest BCUT2D eigenvalue weighted by Crippen LogP contribution is -2.28. The van der Waals surface area contributed by atoms with Crippen LogP contribution in [0.3, 0.4) is 0 Å². The molecule has 0 bridgehead atoms. The Morgan fingerprint density at radius 1 is 1.32 bits per heavy atom. The molecule has 1 aromatic carbocycles. The van der Waals surface area contributed by atoms with Gasteiger partial charge in [-0.2, -0.15) is 0 Å². The van der Waals surface area contributed by atoms with Gasteiger partial charge in [-0.05, 0) is 55.9 Å². The van der Waals surface area contributed by atoms with E-state index in [1.807, 2.05) is 18.2 Å². The van der Waals surface area contributed by atoms with E-state index in [9.17, 15) is 9.90 Å². The van der Waals surface area contributed by atoms with Gasteiger partial charge >= 0.3 is 0 Å². The van der Waals surface area contributed by atoms with Gasteiger partial charge in [-0.1, -0.05) is 17.7 Å². The minimum atomic E-state index is -1.27. The van der Waals surface area contributed by atoms with Crippen molar-refractivity contribution in [1.29, 1.82) is 0 Å². The molecule has 1 unspecified atom stereocenters. The molecular formula is C22H23ClN3O4S-. The van der Waals surface area contributed by atoms with Crippen LogP contribution in [-0.2, 0) is 28.9 Å². The number of nitrogens with one attached hydrogen (secondary N) is 1. The first-order valence-electron chi connectivity index (χ1n) is 10.2. The van der Waals surface area contributed by atoms with E-state index in [1.165, 1.54) is 16.9 Å². The monoisotopic (exact) mass is 460 g/mol. The third-order valence-electron chi connectivity index (χ3n) is 5.32. The first-order valence-corrected chi connectivity index (χ1v) is 11.4. The number of carboxylic acids is 1. The summed E-state index contributed by atoms with van der Waals surface area (Å²) in [6.07, 6.45) is 3.82. The molecular weight excluding hydrogens is 438 g/mol. The number of carbonyl (C=O) groups is 1. The summed E-state index contributed by atoms with van der Waals surface area (Å²) in [5, 5.41) is 15.8. The zero-order chi connectivity index (χ0) is 22.0. The highest BCUT2D eigenvalue weighted by molar-refractivity contribution is 7.19. The van der Waals surface area contributed by atoms with Crippen LogP contribution < -0.4 is 15.2 Å². The molecule has 0 saturated carbocycles.